The SMILES string of the molecule is CCCCN1CCN(c2ccc3nc(-c4ccc5nc(-c6cc(OC)ccc6OC)[nH]c5c4)[nH]c3c2)CC1. The van der Waals surface area contributed by atoms with Crippen LogP contribution in [-0.2, 0) is 0 Å². The zero-order valence-corrected chi connectivity index (χ0v) is 22.3. The predicted octanol–water partition coefficient (Wildman–Crippen LogP) is 5.71. The van der Waals surface area contributed by atoms with Crippen molar-refractivity contribution in [1.29, 1.82) is 0 Å². The maximum absolute atomic E-state index is 5.56. The number of unbranched alkanes of at least 4 members (excludes halogenated alkanes) is 1. The first-order valence-corrected chi connectivity index (χ1v) is 13.3. The maximum atomic E-state index is 5.56. The van der Waals surface area contributed by atoms with Gasteiger partial charge in [0.05, 0.1) is 41.8 Å². The molecule has 0 aliphatic carbocycles. The summed E-state index contributed by atoms with van der Waals surface area (Å²) in [5, 5.41) is 0. The maximum Gasteiger partial charge on any atom is 0.142 e. The van der Waals surface area contributed by atoms with Gasteiger partial charge in [0.1, 0.15) is 23.1 Å². The fourth-order valence-electron chi connectivity index (χ4n) is 5.23. The third-order valence-electron chi connectivity index (χ3n) is 7.45. The minimum atomic E-state index is 0.733. The van der Waals surface area contributed by atoms with Crippen molar-refractivity contribution in [3.63, 3.8) is 0 Å². The van der Waals surface area contributed by atoms with Gasteiger partial charge < -0.3 is 24.3 Å². The number of benzene rings is 3. The van der Waals surface area contributed by atoms with Crippen LogP contribution in [0.2, 0.25) is 0 Å². The number of nitrogens with one attached hydrogen (secondary N) is 2. The summed E-state index contributed by atoms with van der Waals surface area (Å²) in [6.07, 6.45) is 2.54. The van der Waals surface area contributed by atoms with Crippen LogP contribution in [0.5, 0.6) is 11.5 Å². The van der Waals surface area contributed by atoms with Crippen molar-refractivity contribution in [2.24, 2.45) is 0 Å². The Bertz CT molecular complexity index is 1560. The van der Waals surface area contributed by atoms with E-state index in [4.69, 9.17) is 19.4 Å². The molecule has 1 aliphatic rings. The van der Waals surface area contributed by atoms with Gasteiger partial charge in [0, 0.05) is 37.4 Å². The average Bonchev–Trinajstić information content (AvgIpc) is 3.59. The van der Waals surface area contributed by atoms with Gasteiger partial charge in [-0.05, 0) is 67.6 Å². The number of rotatable bonds is 8. The highest BCUT2D eigenvalue weighted by atomic mass is 16.5. The van der Waals surface area contributed by atoms with E-state index in [1.807, 2.05) is 24.3 Å². The topological polar surface area (TPSA) is 82.3 Å². The van der Waals surface area contributed by atoms with Crippen molar-refractivity contribution in [3.05, 3.63) is 54.6 Å². The van der Waals surface area contributed by atoms with E-state index in [1.54, 1.807) is 14.2 Å². The lowest BCUT2D eigenvalue weighted by atomic mass is 10.2. The van der Waals surface area contributed by atoms with Gasteiger partial charge in [0.25, 0.3) is 0 Å². The van der Waals surface area contributed by atoms with Crippen LogP contribution in [0.4, 0.5) is 5.69 Å². The Morgan fingerprint density at radius 3 is 2.29 bits per heavy atom. The Balaban J connectivity index is 1.25. The Kier molecular flexibility index (Phi) is 6.64. The van der Waals surface area contributed by atoms with Gasteiger partial charge in [0.15, 0.2) is 0 Å². The quantitative estimate of drug-likeness (QED) is 0.278. The minimum Gasteiger partial charge on any atom is -0.497 e. The third-order valence-corrected chi connectivity index (χ3v) is 7.45. The summed E-state index contributed by atoms with van der Waals surface area (Å²) in [4.78, 5) is 21.7. The van der Waals surface area contributed by atoms with Crippen LogP contribution < -0.4 is 14.4 Å². The number of nitrogens with zero attached hydrogens (tertiary/aromatic N) is 4. The van der Waals surface area contributed by atoms with Crippen LogP contribution in [0.1, 0.15) is 19.8 Å². The molecule has 0 radical (unpaired) electrons. The van der Waals surface area contributed by atoms with E-state index >= 15 is 0 Å². The average molecular weight is 511 g/mol. The molecule has 3 aromatic carbocycles. The second-order valence-electron chi connectivity index (χ2n) is 9.85. The fourth-order valence-corrected chi connectivity index (χ4v) is 5.23. The van der Waals surface area contributed by atoms with E-state index < -0.39 is 0 Å². The van der Waals surface area contributed by atoms with Crippen molar-refractivity contribution in [2.45, 2.75) is 19.8 Å². The minimum absolute atomic E-state index is 0.733. The first kappa shape index (κ1) is 24.3. The molecule has 3 heterocycles. The van der Waals surface area contributed by atoms with Crippen LogP contribution in [-0.4, -0.2) is 71.8 Å². The predicted molar refractivity (Wildman–Crippen MR) is 153 cm³/mol. The van der Waals surface area contributed by atoms with Crippen molar-refractivity contribution >= 4 is 27.8 Å². The zero-order chi connectivity index (χ0) is 26.1. The smallest absolute Gasteiger partial charge is 0.142 e. The second-order valence-corrected chi connectivity index (χ2v) is 9.85. The van der Waals surface area contributed by atoms with Gasteiger partial charge in [-0.15, -0.1) is 0 Å². The lowest BCUT2D eigenvalue weighted by Crippen LogP contribution is -2.46. The molecule has 2 aromatic heterocycles. The highest BCUT2D eigenvalue weighted by Gasteiger charge is 2.18. The number of hydrogen-bond acceptors (Lipinski definition) is 6. The van der Waals surface area contributed by atoms with E-state index in [0.29, 0.717) is 0 Å². The highest BCUT2D eigenvalue weighted by Crippen LogP contribution is 2.34. The fraction of sp³-hybridized carbons (Fsp3) is 0.333. The number of imidazole rings is 2. The first-order valence-electron chi connectivity index (χ1n) is 13.3. The van der Waals surface area contributed by atoms with Gasteiger partial charge in [-0.2, -0.15) is 0 Å². The normalized spacial score (nSPS) is 14.4. The molecule has 0 bridgehead atoms. The molecule has 1 fully saturated rings. The van der Waals surface area contributed by atoms with Gasteiger partial charge >= 0.3 is 0 Å². The number of hydrogen-bond donors (Lipinski definition) is 2. The Labute approximate surface area is 222 Å². The lowest BCUT2D eigenvalue weighted by Gasteiger charge is -2.36. The Morgan fingerprint density at radius 1 is 0.789 bits per heavy atom. The number of methoxy groups -OCH3 is 2. The molecule has 0 amide bonds. The van der Waals surface area contributed by atoms with Crippen LogP contribution in [0.3, 0.4) is 0 Å². The van der Waals surface area contributed by atoms with Crippen LogP contribution >= 0.6 is 0 Å². The molecule has 8 nitrogen and oxygen atoms in total. The van der Waals surface area contributed by atoms with Crippen LogP contribution in [0, 0.1) is 0 Å². The number of aromatic nitrogens is 4. The summed E-state index contributed by atoms with van der Waals surface area (Å²) >= 11 is 0. The molecular formula is C30H34N6O2. The molecular weight excluding hydrogens is 476 g/mol. The van der Waals surface area contributed by atoms with E-state index in [0.717, 1.165) is 82.5 Å². The van der Waals surface area contributed by atoms with Crippen LogP contribution in [0.25, 0.3) is 44.8 Å². The highest BCUT2D eigenvalue weighted by molar-refractivity contribution is 5.87. The summed E-state index contributed by atoms with van der Waals surface area (Å²) in [5.74, 6) is 3.07. The Hall–Kier alpha value is -4.04. The van der Waals surface area contributed by atoms with Gasteiger partial charge in [-0.1, -0.05) is 13.3 Å². The van der Waals surface area contributed by atoms with Crippen molar-refractivity contribution < 1.29 is 9.47 Å². The van der Waals surface area contributed by atoms with Crippen LogP contribution in [0.15, 0.2) is 54.6 Å². The Morgan fingerprint density at radius 2 is 1.53 bits per heavy atom. The third kappa shape index (κ3) is 4.67. The number of piperazine rings is 1. The lowest BCUT2D eigenvalue weighted by molar-refractivity contribution is 0.254. The van der Waals surface area contributed by atoms with E-state index in [9.17, 15) is 0 Å². The van der Waals surface area contributed by atoms with Crippen molar-refractivity contribution in [3.8, 4) is 34.3 Å². The molecule has 0 saturated carbocycles. The number of fused-ring (bicyclic) bond motifs is 2. The van der Waals surface area contributed by atoms with E-state index in [-0.39, 0.29) is 0 Å². The molecule has 196 valence electrons. The van der Waals surface area contributed by atoms with Crippen molar-refractivity contribution in [2.75, 3.05) is 51.8 Å². The summed E-state index contributed by atoms with van der Waals surface area (Å²) in [6, 6.07) is 18.4. The first-order chi connectivity index (χ1) is 18.6. The largest absolute Gasteiger partial charge is 0.497 e. The molecule has 8 heteroatoms. The summed E-state index contributed by atoms with van der Waals surface area (Å²) in [5.41, 5.74) is 6.95. The zero-order valence-electron chi connectivity index (χ0n) is 22.3. The van der Waals surface area contributed by atoms with Gasteiger partial charge in [-0.3, -0.25) is 4.90 Å². The molecule has 0 spiro atoms. The summed E-state index contributed by atoms with van der Waals surface area (Å²) in [7, 11) is 3.31. The van der Waals surface area contributed by atoms with Gasteiger partial charge in [-0.25, -0.2) is 9.97 Å². The number of H-pyrrole nitrogens is 2. The molecule has 0 unspecified atom stereocenters. The monoisotopic (exact) mass is 510 g/mol. The summed E-state index contributed by atoms with van der Waals surface area (Å²) < 4.78 is 11.0. The molecule has 5 aromatic rings. The number of ether oxygens (including phenoxy) is 2. The summed E-state index contributed by atoms with van der Waals surface area (Å²) in [6.45, 7) is 7.84. The van der Waals surface area contributed by atoms with Crippen molar-refractivity contribution in [1.82, 2.24) is 24.8 Å². The van der Waals surface area contributed by atoms with E-state index in [2.05, 4.69) is 57.0 Å². The van der Waals surface area contributed by atoms with Gasteiger partial charge in [0.2, 0.25) is 0 Å². The molecule has 2 N–H and O–H groups in total. The second kappa shape index (κ2) is 10.4. The molecule has 1 aliphatic heterocycles. The standard InChI is InChI=1S/C30H34N6O2/c1-4-5-12-35-13-15-36(16-14-35)21-7-10-25-27(18-21)33-29(31-25)20-6-9-24-26(17-20)34-30(32-24)23-19-22(37-2)8-11-28(23)38-3/h6-11,17-19H,4-5,12-16H2,1-3H3,(H,31,33)(H,32,34). The molecule has 38 heavy (non-hydrogen) atoms. The number of aromatic amines is 2. The van der Waals surface area contributed by atoms with E-state index in [1.165, 1.54) is 25.1 Å². The molecule has 0 atom stereocenters. The molecule has 6 rings (SSSR count). The molecule has 1 saturated heterocycles. The number of anilines is 1.